The highest BCUT2D eigenvalue weighted by Crippen LogP contribution is 2.21. The molecule has 0 spiro atoms. The quantitative estimate of drug-likeness (QED) is 0.819. The molecular weight excluding hydrogens is 336 g/mol. The number of carbonyl (C=O) groups is 2. The molecule has 1 fully saturated rings. The number of anilines is 1. The van der Waals surface area contributed by atoms with E-state index >= 15 is 0 Å². The number of rotatable bonds is 6. The summed E-state index contributed by atoms with van der Waals surface area (Å²) in [7, 11) is 0. The van der Waals surface area contributed by atoms with Crippen LogP contribution in [0.5, 0.6) is 0 Å². The third-order valence-electron chi connectivity index (χ3n) is 5.21. The molecule has 0 unspecified atom stereocenters. The predicted molar refractivity (Wildman–Crippen MR) is 109 cm³/mol. The highest BCUT2D eigenvalue weighted by atomic mass is 16.2. The molecule has 1 aliphatic heterocycles. The van der Waals surface area contributed by atoms with Gasteiger partial charge in [-0.15, -0.1) is 0 Å². The number of unbranched alkanes of at least 4 members (excludes halogenated alkanes) is 1. The molecule has 2 aromatic rings. The summed E-state index contributed by atoms with van der Waals surface area (Å²) in [6.07, 6.45) is 4.87. The zero-order valence-corrected chi connectivity index (χ0v) is 16.0. The zero-order chi connectivity index (χ0) is 19.1. The van der Waals surface area contributed by atoms with E-state index in [1.54, 1.807) is 0 Å². The van der Waals surface area contributed by atoms with Gasteiger partial charge in [-0.25, -0.2) is 0 Å². The molecule has 2 amide bonds. The summed E-state index contributed by atoms with van der Waals surface area (Å²) in [5.74, 6) is 0.0739. The second-order valence-electron chi connectivity index (χ2n) is 7.22. The third-order valence-corrected chi connectivity index (χ3v) is 5.21. The maximum absolute atomic E-state index is 12.6. The van der Waals surface area contributed by atoms with Crippen molar-refractivity contribution in [3.8, 4) is 0 Å². The minimum Gasteiger partial charge on any atom is -0.339 e. The molecule has 0 aromatic heterocycles. The summed E-state index contributed by atoms with van der Waals surface area (Å²) in [5.41, 5.74) is 2.87. The first-order valence-corrected chi connectivity index (χ1v) is 9.91. The number of nitrogens with one attached hydrogen (secondary N) is 1. The molecule has 0 aliphatic carbocycles. The SMILES string of the molecule is CCCCc1ccc(NC(=O)C2CCN(C(=O)c3ccccc3)CC2)cc1. The lowest BCUT2D eigenvalue weighted by molar-refractivity contribution is -0.121. The van der Waals surface area contributed by atoms with Crippen LogP contribution in [0.25, 0.3) is 0 Å². The maximum Gasteiger partial charge on any atom is 0.253 e. The number of amides is 2. The summed E-state index contributed by atoms with van der Waals surface area (Å²) in [5, 5.41) is 3.03. The molecule has 4 heteroatoms. The van der Waals surface area contributed by atoms with Gasteiger partial charge in [0.2, 0.25) is 5.91 Å². The fraction of sp³-hybridized carbons (Fsp3) is 0.391. The Labute approximate surface area is 161 Å². The van der Waals surface area contributed by atoms with E-state index < -0.39 is 0 Å². The van der Waals surface area contributed by atoms with E-state index in [9.17, 15) is 9.59 Å². The first-order chi connectivity index (χ1) is 13.2. The summed E-state index contributed by atoms with van der Waals surface area (Å²) in [6.45, 7) is 3.44. The Kier molecular flexibility index (Phi) is 6.64. The number of piperidine rings is 1. The number of benzene rings is 2. The summed E-state index contributed by atoms with van der Waals surface area (Å²) >= 11 is 0. The van der Waals surface area contributed by atoms with Crippen LogP contribution in [0.4, 0.5) is 5.69 Å². The molecule has 3 rings (SSSR count). The van der Waals surface area contributed by atoms with E-state index in [0.29, 0.717) is 31.5 Å². The minimum absolute atomic E-state index is 0.0374. The number of aryl methyl sites for hydroxylation is 1. The largest absolute Gasteiger partial charge is 0.339 e. The Morgan fingerprint density at radius 2 is 1.67 bits per heavy atom. The monoisotopic (exact) mass is 364 g/mol. The van der Waals surface area contributed by atoms with Crippen molar-refractivity contribution in [3.05, 3.63) is 65.7 Å². The summed E-state index contributed by atoms with van der Waals surface area (Å²) in [4.78, 5) is 26.9. The van der Waals surface area contributed by atoms with Crippen LogP contribution in [0.3, 0.4) is 0 Å². The zero-order valence-electron chi connectivity index (χ0n) is 16.0. The standard InChI is InChI=1S/C23H28N2O2/c1-2-3-7-18-10-12-21(13-11-18)24-22(26)19-14-16-25(17-15-19)23(27)20-8-5-4-6-9-20/h4-6,8-13,19H,2-3,7,14-17H2,1H3,(H,24,26). The Balaban J connectivity index is 1.49. The van der Waals surface area contributed by atoms with Crippen LogP contribution in [0, 0.1) is 5.92 Å². The molecule has 1 heterocycles. The van der Waals surface area contributed by atoms with Crippen LogP contribution < -0.4 is 5.32 Å². The van der Waals surface area contributed by atoms with Gasteiger partial charge in [-0.2, -0.15) is 0 Å². The number of carbonyl (C=O) groups excluding carboxylic acids is 2. The lowest BCUT2D eigenvalue weighted by atomic mass is 9.95. The molecule has 2 aromatic carbocycles. The molecule has 27 heavy (non-hydrogen) atoms. The van der Waals surface area contributed by atoms with E-state index in [1.165, 1.54) is 18.4 Å². The van der Waals surface area contributed by atoms with Gasteiger partial charge in [0.05, 0.1) is 0 Å². The molecule has 4 nitrogen and oxygen atoms in total. The number of nitrogens with zero attached hydrogens (tertiary/aromatic N) is 1. The normalized spacial score (nSPS) is 14.8. The van der Waals surface area contributed by atoms with Gasteiger partial charge in [0, 0.05) is 30.3 Å². The topological polar surface area (TPSA) is 49.4 Å². The van der Waals surface area contributed by atoms with Crippen molar-refractivity contribution >= 4 is 17.5 Å². The predicted octanol–water partition coefficient (Wildman–Crippen LogP) is 4.52. The molecule has 0 bridgehead atoms. The molecule has 0 atom stereocenters. The van der Waals surface area contributed by atoms with Crippen LogP contribution in [-0.2, 0) is 11.2 Å². The van der Waals surface area contributed by atoms with Gasteiger partial charge in [-0.3, -0.25) is 9.59 Å². The second kappa shape index (κ2) is 9.36. The van der Waals surface area contributed by atoms with Gasteiger partial charge >= 0.3 is 0 Å². The first-order valence-electron chi connectivity index (χ1n) is 9.91. The number of likely N-dealkylation sites (tertiary alicyclic amines) is 1. The van der Waals surface area contributed by atoms with Crippen molar-refractivity contribution < 1.29 is 9.59 Å². The summed E-state index contributed by atoms with van der Waals surface area (Å²) in [6, 6.07) is 17.5. The van der Waals surface area contributed by atoms with Crippen molar-refractivity contribution in [1.29, 1.82) is 0 Å². The van der Waals surface area contributed by atoms with Gasteiger partial charge in [0.15, 0.2) is 0 Å². The number of hydrogen-bond acceptors (Lipinski definition) is 2. The van der Waals surface area contributed by atoms with Crippen molar-refractivity contribution in [3.63, 3.8) is 0 Å². The van der Waals surface area contributed by atoms with Crippen molar-refractivity contribution in [2.75, 3.05) is 18.4 Å². The van der Waals surface area contributed by atoms with E-state index in [4.69, 9.17) is 0 Å². The van der Waals surface area contributed by atoms with E-state index in [1.807, 2.05) is 47.4 Å². The Hall–Kier alpha value is -2.62. The molecule has 142 valence electrons. The molecule has 1 saturated heterocycles. The molecule has 1 N–H and O–H groups in total. The van der Waals surface area contributed by atoms with Crippen LogP contribution in [0.2, 0.25) is 0 Å². The van der Waals surface area contributed by atoms with Gasteiger partial charge < -0.3 is 10.2 Å². The lowest BCUT2D eigenvalue weighted by Crippen LogP contribution is -2.41. The maximum atomic E-state index is 12.6. The Bertz CT molecular complexity index is 748. The molecular formula is C23H28N2O2. The second-order valence-corrected chi connectivity index (χ2v) is 7.22. The average molecular weight is 364 g/mol. The van der Waals surface area contributed by atoms with E-state index in [2.05, 4.69) is 24.4 Å². The van der Waals surface area contributed by atoms with Gasteiger partial charge in [-0.1, -0.05) is 43.7 Å². The van der Waals surface area contributed by atoms with Gasteiger partial charge in [0.1, 0.15) is 0 Å². The van der Waals surface area contributed by atoms with Crippen molar-refractivity contribution in [2.24, 2.45) is 5.92 Å². The highest BCUT2D eigenvalue weighted by Gasteiger charge is 2.27. The Morgan fingerprint density at radius 1 is 1.00 bits per heavy atom. The van der Waals surface area contributed by atoms with Crippen LogP contribution in [-0.4, -0.2) is 29.8 Å². The van der Waals surface area contributed by atoms with Gasteiger partial charge in [-0.05, 0) is 55.5 Å². The summed E-state index contributed by atoms with van der Waals surface area (Å²) < 4.78 is 0. The van der Waals surface area contributed by atoms with Crippen molar-refractivity contribution in [1.82, 2.24) is 4.90 Å². The molecule has 0 radical (unpaired) electrons. The third kappa shape index (κ3) is 5.19. The minimum atomic E-state index is -0.0374. The van der Waals surface area contributed by atoms with Gasteiger partial charge in [0.25, 0.3) is 5.91 Å². The van der Waals surface area contributed by atoms with Crippen LogP contribution >= 0.6 is 0 Å². The van der Waals surface area contributed by atoms with E-state index in [-0.39, 0.29) is 17.7 Å². The molecule has 0 saturated carbocycles. The van der Waals surface area contributed by atoms with Crippen LogP contribution in [0.1, 0.15) is 48.5 Å². The fourth-order valence-electron chi connectivity index (χ4n) is 3.49. The van der Waals surface area contributed by atoms with Crippen molar-refractivity contribution in [2.45, 2.75) is 39.0 Å². The highest BCUT2D eigenvalue weighted by molar-refractivity contribution is 5.95. The molecule has 1 aliphatic rings. The average Bonchev–Trinajstić information content (AvgIpc) is 2.73. The smallest absolute Gasteiger partial charge is 0.253 e. The lowest BCUT2D eigenvalue weighted by Gasteiger charge is -2.31. The van der Waals surface area contributed by atoms with Crippen LogP contribution in [0.15, 0.2) is 54.6 Å². The number of hydrogen-bond donors (Lipinski definition) is 1. The Morgan fingerprint density at radius 3 is 2.30 bits per heavy atom. The fourth-order valence-corrected chi connectivity index (χ4v) is 3.49. The van der Waals surface area contributed by atoms with E-state index in [0.717, 1.165) is 12.1 Å². The first kappa shape index (κ1) is 19.2.